The molecule has 0 saturated heterocycles. The Balaban J connectivity index is 0.00000112. The molecule has 6 heteroatoms. The van der Waals surface area contributed by atoms with Crippen LogP contribution in [0, 0.1) is 11.3 Å². The fraction of sp³-hybridized carbons (Fsp3) is 0.200. The zero-order valence-corrected chi connectivity index (χ0v) is 10.1. The Hall–Kier alpha value is -1.28. The third-order valence-electron chi connectivity index (χ3n) is 2.15. The lowest BCUT2D eigenvalue weighted by molar-refractivity contribution is 0.765. The second-order valence-electron chi connectivity index (χ2n) is 2.97. The van der Waals surface area contributed by atoms with Gasteiger partial charge >= 0.3 is 0 Å². The van der Waals surface area contributed by atoms with E-state index in [1.54, 1.807) is 0 Å². The van der Waals surface area contributed by atoms with Gasteiger partial charge in [-0.2, -0.15) is 5.26 Å². The van der Waals surface area contributed by atoms with Crippen molar-refractivity contribution >= 4 is 35.8 Å². The summed E-state index contributed by atoms with van der Waals surface area (Å²) in [6.45, 7) is 0.656. The van der Waals surface area contributed by atoms with Crippen molar-refractivity contribution in [1.29, 1.82) is 5.26 Å². The molecule has 0 bridgehead atoms. The molecule has 2 N–H and O–H groups in total. The van der Waals surface area contributed by atoms with Crippen molar-refractivity contribution in [3.05, 3.63) is 30.1 Å². The largest absolute Gasteiger partial charge is 0.324 e. The number of halogens is 2. The predicted molar refractivity (Wildman–Crippen MR) is 67.7 cm³/mol. The molecule has 0 fully saturated rings. The lowest BCUT2D eigenvalue weighted by Crippen LogP contribution is -2.07. The number of nitriles is 1. The summed E-state index contributed by atoms with van der Waals surface area (Å²) in [4.78, 5) is 4.34. The summed E-state index contributed by atoms with van der Waals surface area (Å²) in [6.07, 6.45) is 0. The highest BCUT2D eigenvalue weighted by molar-refractivity contribution is 5.85. The Morgan fingerprint density at radius 2 is 2.00 bits per heavy atom. The fourth-order valence-corrected chi connectivity index (χ4v) is 1.53. The molecule has 0 aliphatic rings. The van der Waals surface area contributed by atoms with Crippen LogP contribution in [0.4, 0.5) is 0 Å². The van der Waals surface area contributed by atoms with Gasteiger partial charge in [-0.1, -0.05) is 12.1 Å². The highest BCUT2D eigenvalue weighted by Crippen LogP contribution is 2.15. The van der Waals surface area contributed by atoms with E-state index in [0.29, 0.717) is 13.1 Å². The minimum absolute atomic E-state index is 0. The Labute approximate surface area is 106 Å². The van der Waals surface area contributed by atoms with Crippen LogP contribution < -0.4 is 5.73 Å². The average molecular weight is 259 g/mol. The van der Waals surface area contributed by atoms with Crippen LogP contribution in [0.5, 0.6) is 0 Å². The van der Waals surface area contributed by atoms with Crippen molar-refractivity contribution in [3.8, 4) is 6.07 Å². The van der Waals surface area contributed by atoms with Gasteiger partial charge in [-0.25, -0.2) is 4.98 Å². The number of para-hydroxylation sites is 2. The zero-order chi connectivity index (χ0) is 9.97. The second kappa shape index (κ2) is 6.33. The number of nitrogens with two attached hydrogens (primary N) is 1. The Kier molecular flexibility index (Phi) is 5.83. The number of hydrogen-bond donors (Lipinski definition) is 1. The number of rotatable bonds is 2. The smallest absolute Gasteiger partial charge is 0.124 e. The fourth-order valence-electron chi connectivity index (χ4n) is 1.53. The maximum Gasteiger partial charge on any atom is 0.124 e. The number of imidazole rings is 1. The topological polar surface area (TPSA) is 67.6 Å². The first kappa shape index (κ1) is 14.7. The van der Waals surface area contributed by atoms with E-state index in [4.69, 9.17) is 11.0 Å². The molecule has 0 atom stereocenters. The van der Waals surface area contributed by atoms with E-state index in [9.17, 15) is 0 Å². The van der Waals surface area contributed by atoms with Gasteiger partial charge in [0.1, 0.15) is 12.4 Å². The van der Waals surface area contributed by atoms with Crippen molar-refractivity contribution in [3.63, 3.8) is 0 Å². The van der Waals surface area contributed by atoms with Gasteiger partial charge in [-0.3, -0.25) is 0 Å². The van der Waals surface area contributed by atoms with Crippen LogP contribution >= 0.6 is 24.8 Å². The summed E-state index contributed by atoms with van der Waals surface area (Å²) in [5.74, 6) is 0.757. The maximum absolute atomic E-state index is 8.68. The first-order valence-corrected chi connectivity index (χ1v) is 4.38. The summed E-state index contributed by atoms with van der Waals surface area (Å²) in [5, 5.41) is 8.68. The number of benzene rings is 1. The molecule has 0 aliphatic heterocycles. The van der Waals surface area contributed by atoms with Gasteiger partial charge in [-0.15, -0.1) is 24.8 Å². The minimum atomic E-state index is 0. The molecule has 1 aromatic carbocycles. The summed E-state index contributed by atoms with van der Waals surface area (Å²) < 4.78 is 1.84. The maximum atomic E-state index is 8.68. The second-order valence-corrected chi connectivity index (χ2v) is 2.97. The predicted octanol–water partition coefficient (Wildman–Crippen LogP) is 1.86. The van der Waals surface area contributed by atoms with Gasteiger partial charge < -0.3 is 10.3 Å². The number of hydrogen-bond acceptors (Lipinski definition) is 3. The first-order chi connectivity index (χ1) is 6.86. The molecule has 0 amide bonds. The molecule has 0 radical (unpaired) electrons. The number of aromatic nitrogens is 2. The van der Waals surface area contributed by atoms with E-state index in [1.807, 2.05) is 28.8 Å². The molecular formula is C10H12Cl2N4. The van der Waals surface area contributed by atoms with Crippen molar-refractivity contribution in [2.45, 2.75) is 13.1 Å². The molecule has 1 aromatic heterocycles. The molecule has 2 rings (SSSR count). The summed E-state index contributed by atoms with van der Waals surface area (Å²) in [5.41, 5.74) is 7.41. The number of fused-ring (bicyclic) bond motifs is 1. The van der Waals surface area contributed by atoms with Gasteiger partial charge in [0.2, 0.25) is 0 Å². The van der Waals surface area contributed by atoms with Gasteiger partial charge in [0.25, 0.3) is 0 Å². The quantitative estimate of drug-likeness (QED) is 0.895. The van der Waals surface area contributed by atoms with Gasteiger partial charge in [-0.05, 0) is 12.1 Å². The van der Waals surface area contributed by atoms with Crippen LogP contribution in [0.1, 0.15) is 5.82 Å². The Bertz CT molecular complexity index is 501. The Morgan fingerprint density at radius 1 is 1.31 bits per heavy atom. The molecule has 16 heavy (non-hydrogen) atoms. The van der Waals surface area contributed by atoms with Gasteiger partial charge in [0.15, 0.2) is 0 Å². The molecule has 86 valence electrons. The van der Waals surface area contributed by atoms with Crippen molar-refractivity contribution in [2.75, 3.05) is 0 Å². The van der Waals surface area contributed by atoms with E-state index in [0.717, 1.165) is 16.9 Å². The third-order valence-corrected chi connectivity index (χ3v) is 2.15. The molecule has 1 heterocycles. The highest BCUT2D eigenvalue weighted by Gasteiger charge is 2.07. The summed E-state index contributed by atoms with van der Waals surface area (Å²) in [7, 11) is 0. The van der Waals surface area contributed by atoms with Crippen molar-refractivity contribution in [1.82, 2.24) is 9.55 Å². The molecule has 2 aromatic rings. The van der Waals surface area contributed by atoms with Crippen LogP contribution in [0.15, 0.2) is 24.3 Å². The SMILES string of the molecule is Cl.Cl.N#CCn1c(CN)nc2ccccc21. The van der Waals surface area contributed by atoms with Crippen LogP contribution in [0.2, 0.25) is 0 Å². The molecule has 0 saturated carbocycles. The van der Waals surface area contributed by atoms with Crippen molar-refractivity contribution in [2.24, 2.45) is 5.73 Å². The van der Waals surface area contributed by atoms with Gasteiger partial charge in [0.05, 0.1) is 23.6 Å². The summed E-state index contributed by atoms with van der Waals surface area (Å²) >= 11 is 0. The van der Waals surface area contributed by atoms with E-state index < -0.39 is 0 Å². The highest BCUT2D eigenvalue weighted by atomic mass is 35.5. The van der Waals surface area contributed by atoms with E-state index in [2.05, 4.69) is 11.1 Å². The van der Waals surface area contributed by atoms with Crippen molar-refractivity contribution < 1.29 is 0 Å². The van der Waals surface area contributed by atoms with E-state index in [1.165, 1.54) is 0 Å². The zero-order valence-electron chi connectivity index (χ0n) is 8.46. The lowest BCUT2D eigenvalue weighted by Gasteiger charge is -2.00. The molecule has 0 spiro atoms. The molecule has 4 nitrogen and oxygen atoms in total. The Morgan fingerprint density at radius 3 is 2.62 bits per heavy atom. The van der Waals surface area contributed by atoms with E-state index >= 15 is 0 Å². The minimum Gasteiger partial charge on any atom is -0.324 e. The monoisotopic (exact) mass is 258 g/mol. The van der Waals surface area contributed by atoms with Crippen LogP contribution in [0.25, 0.3) is 11.0 Å². The van der Waals surface area contributed by atoms with Gasteiger partial charge in [0, 0.05) is 0 Å². The standard InChI is InChI=1S/C10H10N4.2ClH/c11-5-6-14-9-4-2-1-3-8(9)13-10(14)7-12;;/h1-4H,6-7,12H2;2*1H. The van der Waals surface area contributed by atoms with Crippen LogP contribution in [0.3, 0.4) is 0 Å². The lowest BCUT2D eigenvalue weighted by atomic mass is 10.3. The number of nitrogens with zero attached hydrogens (tertiary/aromatic N) is 3. The molecule has 0 aliphatic carbocycles. The third kappa shape index (κ3) is 2.45. The van der Waals surface area contributed by atoms with Crippen LogP contribution in [-0.2, 0) is 13.1 Å². The van der Waals surface area contributed by atoms with E-state index in [-0.39, 0.29) is 24.8 Å². The summed E-state index contributed by atoms with van der Waals surface area (Å²) in [6, 6.07) is 9.82. The molecular weight excluding hydrogens is 247 g/mol. The molecule has 0 unspecified atom stereocenters. The normalized spacial score (nSPS) is 9.00. The average Bonchev–Trinajstić information content (AvgIpc) is 2.58. The van der Waals surface area contributed by atoms with Crippen LogP contribution in [-0.4, -0.2) is 9.55 Å². The first-order valence-electron chi connectivity index (χ1n) is 4.38.